The summed E-state index contributed by atoms with van der Waals surface area (Å²) in [6, 6.07) is 6.89. The fraction of sp³-hybridized carbons (Fsp3) is 0.526. The predicted octanol–water partition coefficient (Wildman–Crippen LogP) is 3.43. The van der Waals surface area contributed by atoms with Crippen molar-refractivity contribution >= 4 is 17.8 Å². The van der Waals surface area contributed by atoms with Crippen molar-refractivity contribution in [3.8, 4) is 0 Å². The Morgan fingerprint density at radius 3 is 2.12 bits per heavy atom. The number of amides is 2. The van der Waals surface area contributed by atoms with Crippen LogP contribution in [0.25, 0.3) is 0 Å². The minimum atomic E-state index is -0.472. The first-order valence-corrected chi connectivity index (χ1v) is 8.36. The quantitative estimate of drug-likeness (QED) is 0.592. The first-order chi connectivity index (χ1) is 11.2. The molecule has 0 aliphatic carbocycles. The van der Waals surface area contributed by atoms with E-state index >= 15 is 0 Å². The van der Waals surface area contributed by atoms with Gasteiger partial charge in [0.15, 0.2) is 0 Å². The summed E-state index contributed by atoms with van der Waals surface area (Å²) in [5, 5.41) is 0. The van der Waals surface area contributed by atoms with Crippen LogP contribution in [0.1, 0.15) is 67.7 Å². The summed E-state index contributed by atoms with van der Waals surface area (Å²) >= 11 is 0. The molecule has 2 amide bonds. The molecule has 0 bridgehead atoms. The highest BCUT2D eigenvalue weighted by molar-refractivity contribution is 6.21. The average Bonchev–Trinajstić information content (AvgIpc) is 2.74. The topological polar surface area (TPSA) is 63.7 Å². The van der Waals surface area contributed by atoms with Gasteiger partial charge in [-0.2, -0.15) is 0 Å². The first-order valence-electron chi connectivity index (χ1n) is 8.36. The molecule has 5 nitrogen and oxygen atoms in total. The lowest BCUT2D eigenvalue weighted by Crippen LogP contribution is -2.31. The summed E-state index contributed by atoms with van der Waals surface area (Å²) in [5.74, 6) is -0.443. The smallest absolute Gasteiger partial charge is 0.306 e. The third kappa shape index (κ3) is 4.43. The van der Waals surface area contributed by atoms with Gasteiger partial charge in [0, 0.05) is 13.0 Å². The number of imide groups is 1. The van der Waals surface area contributed by atoms with Crippen LogP contribution in [0.15, 0.2) is 24.3 Å². The molecule has 5 heteroatoms. The van der Waals surface area contributed by atoms with Gasteiger partial charge < -0.3 is 4.74 Å². The Kier molecular flexibility index (Phi) is 5.42. The zero-order chi connectivity index (χ0) is 17.9. The number of carbonyl (C=O) groups is 3. The van der Waals surface area contributed by atoms with Crippen molar-refractivity contribution in [2.24, 2.45) is 5.92 Å². The SMILES string of the molecule is C[C@H](CCC(=O)OC(C)(C)C)CCN1C(=O)c2ccccc2C1=O. The number of ether oxygens (including phenoxy) is 1. The van der Waals surface area contributed by atoms with Crippen molar-refractivity contribution in [2.75, 3.05) is 6.54 Å². The van der Waals surface area contributed by atoms with Crippen LogP contribution in [-0.4, -0.2) is 34.8 Å². The third-order valence-corrected chi connectivity index (χ3v) is 3.98. The minimum Gasteiger partial charge on any atom is -0.460 e. The van der Waals surface area contributed by atoms with Gasteiger partial charge in [-0.25, -0.2) is 0 Å². The second-order valence-electron chi connectivity index (χ2n) is 7.33. The Hall–Kier alpha value is -2.17. The van der Waals surface area contributed by atoms with E-state index in [1.807, 2.05) is 27.7 Å². The summed E-state index contributed by atoms with van der Waals surface area (Å²) in [5.41, 5.74) is 0.480. The van der Waals surface area contributed by atoms with Crippen LogP contribution in [-0.2, 0) is 9.53 Å². The van der Waals surface area contributed by atoms with Gasteiger partial charge in [0.05, 0.1) is 11.1 Å². The van der Waals surface area contributed by atoms with E-state index in [0.717, 1.165) is 0 Å². The van der Waals surface area contributed by atoms with E-state index in [1.54, 1.807) is 24.3 Å². The fourth-order valence-corrected chi connectivity index (χ4v) is 2.69. The van der Waals surface area contributed by atoms with Gasteiger partial charge in [0.1, 0.15) is 5.60 Å². The highest BCUT2D eigenvalue weighted by Crippen LogP contribution is 2.24. The molecule has 0 saturated heterocycles. The van der Waals surface area contributed by atoms with Gasteiger partial charge >= 0.3 is 5.97 Å². The maximum atomic E-state index is 12.3. The lowest BCUT2D eigenvalue weighted by atomic mass is 10.0. The van der Waals surface area contributed by atoms with Crippen molar-refractivity contribution in [3.05, 3.63) is 35.4 Å². The summed E-state index contributed by atoms with van der Waals surface area (Å²) in [7, 11) is 0. The van der Waals surface area contributed by atoms with Crippen LogP contribution in [0.5, 0.6) is 0 Å². The van der Waals surface area contributed by atoms with Gasteiger partial charge in [-0.1, -0.05) is 19.1 Å². The zero-order valence-corrected chi connectivity index (χ0v) is 14.8. The monoisotopic (exact) mass is 331 g/mol. The Morgan fingerprint density at radius 1 is 1.08 bits per heavy atom. The molecule has 2 rings (SSSR count). The van der Waals surface area contributed by atoms with Gasteiger partial charge in [0.2, 0.25) is 0 Å². The predicted molar refractivity (Wildman–Crippen MR) is 90.7 cm³/mol. The standard InChI is InChI=1S/C19H25NO4/c1-13(9-10-16(21)24-19(2,3)4)11-12-20-17(22)14-7-5-6-8-15(14)18(20)23/h5-8,13H,9-12H2,1-4H3/t13-/m1/s1. The molecule has 130 valence electrons. The molecular weight excluding hydrogens is 306 g/mol. The maximum Gasteiger partial charge on any atom is 0.306 e. The number of esters is 1. The number of rotatable bonds is 6. The van der Waals surface area contributed by atoms with Crippen molar-refractivity contribution in [3.63, 3.8) is 0 Å². The van der Waals surface area contributed by atoms with Crippen LogP contribution >= 0.6 is 0 Å². The van der Waals surface area contributed by atoms with E-state index in [9.17, 15) is 14.4 Å². The Bertz CT molecular complexity index is 610. The highest BCUT2D eigenvalue weighted by atomic mass is 16.6. The number of hydrogen-bond donors (Lipinski definition) is 0. The molecule has 1 heterocycles. The molecule has 0 unspecified atom stereocenters. The Balaban J connectivity index is 1.81. The largest absolute Gasteiger partial charge is 0.460 e. The molecule has 0 aromatic heterocycles. The molecule has 0 N–H and O–H groups in total. The van der Waals surface area contributed by atoms with Gasteiger partial charge in [-0.15, -0.1) is 0 Å². The normalized spacial score (nSPS) is 15.4. The molecule has 0 radical (unpaired) electrons. The molecule has 1 aromatic rings. The van der Waals surface area contributed by atoms with Crippen LogP contribution < -0.4 is 0 Å². The number of nitrogens with zero attached hydrogens (tertiary/aromatic N) is 1. The molecule has 1 aliphatic heterocycles. The molecule has 0 saturated carbocycles. The second-order valence-corrected chi connectivity index (χ2v) is 7.33. The lowest BCUT2D eigenvalue weighted by molar-refractivity contribution is -0.155. The van der Waals surface area contributed by atoms with Crippen LogP contribution in [0.4, 0.5) is 0 Å². The number of fused-ring (bicyclic) bond motifs is 1. The maximum absolute atomic E-state index is 12.3. The van der Waals surface area contributed by atoms with Crippen LogP contribution in [0.2, 0.25) is 0 Å². The fourth-order valence-electron chi connectivity index (χ4n) is 2.69. The van der Waals surface area contributed by atoms with Crippen molar-refractivity contribution < 1.29 is 19.1 Å². The summed E-state index contributed by atoms with van der Waals surface area (Å²) in [6.45, 7) is 7.92. The Labute approximate surface area is 143 Å². The van der Waals surface area contributed by atoms with Crippen molar-refractivity contribution in [1.82, 2.24) is 4.90 Å². The molecule has 1 aliphatic rings. The van der Waals surface area contributed by atoms with Gasteiger partial charge in [-0.05, 0) is 51.7 Å². The van der Waals surface area contributed by atoms with E-state index in [-0.39, 0.29) is 23.7 Å². The molecule has 0 spiro atoms. The minimum absolute atomic E-state index is 0.213. The average molecular weight is 331 g/mol. The first kappa shape index (κ1) is 18.2. The summed E-state index contributed by atoms with van der Waals surface area (Å²) in [6.07, 6.45) is 1.70. The highest BCUT2D eigenvalue weighted by Gasteiger charge is 2.34. The number of hydrogen-bond acceptors (Lipinski definition) is 4. The molecule has 24 heavy (non-hydrogen) atoms. The summed E-state index contributed by atoms with van der Waals surface area (Å²) < 4.78 is 5.28. The van der Waals surface area contributed by atoms with Gasteiger partial charge in [0.25, 0.3) is 11.8 Å². The van der Waals surface area contributed by atoms with Crippen molar-refractivity contribution in [2.45, 2.75) is 52.6 Å². The van der Waals surface area contributed by atoms with Crippen LogP contribution in [0, 0.1) is 5.92 Å². The van der Waals surface area contributed by atoms with Gasteiger partial charge in [-0.3, -0.25) is 19.3 Å². The van der Waals surface area contributed by atoms with Crippen molar-refractivity contribution in [1.29, 1.82) is 0 Å². The Morgan fingerprint density at radius 2 is 1.62 bits per heavy atom. The number of carbonyl (C=O) groups excluding carboxylic acids is 3. The number of benzene rings is 1. The van der Waals surface area contributed by atoms with E-state index in [2.05, 4.69) is 0 Å². The molecule has 0 fully saturated rings. The molecule has 1 aromatic carbocycles. The van der Waals surface area contributed by atoms with E-state index in [1.165, 1.54) is 4.90 Å². The van der Waals surface area contributed by atoms with E-state index < -0.39 is 5.60 Å². The zero-order valence-electron chi connectivity index (χ0n) is 14.8. The van der Waals surface area contributed by atoms with E-state index in [0.29, 0.717) is 36.9 Å². The second kappa shape index (κ2) is 7.16. The molecular formula is C19H25NO4. The summed E-state index contributed by atoms with van der Waals surface area (Å²) in [4.78, 5) is 37.6. The lowest BCUT2D eigenvalue weighted by Gasteiger charge is -2.21. The third-order valence-electron chi connectivity index (χ3n) is 3.98. The van der Waals surface area contributed by atoms with E-state index in [4.69, 9.17) is 4.74 Å². The van der Waals surface area contributed by atoms with Crippen LogP contribution in [0.3, 0.4) is 0 Å². The molecule has 1 atom stereocenters.